The van der Waals surface area contributed by atoms with Crippen LogP contribution in [0.25, 0.3) is 10.8 Å². The lowest BCUT2D eigenvalue weighted by Gasteiger charge is -2.34. The summed E-state index contributed by atoms with van der Waals surface area (Å²) in [4.78, 5) is 36.0. The molecule has 10 heteroatoms. The molecule has 3 heterocycles. The molecule has 186 valence electrons. The second-order valence-corrected chi connectivity index (χ2v) is 8.82. The Labute approximate surface area is 207 Å². The van der Waals surface area contributed by atoms with E-state index in [4.69, 9.17) is 0 Å². The van der Waals surface area contributed by atoms with Crippen molar-refractivity contribution >= 4 is 22.6 Å². The minimum atomic E-state index is -1.14. The Morgan fingerprint density at radius 1 is 0.944 bits per heavy atom. The van der Waals surface area contributed by atoms with E-state index in [1.54, 1.807) is 49.3 Å². The zero-order chi connectivity index (χ0) is 25.1. The van der Waals surface area contributed by atoms with Crippen molar-refractivity contribution in [2.45, 2.75) is 38.8 Å². The van der Waals surface area contributed by atoms with Gasteiger partial charge in [-0.3, -0.25) is 9.59 Å². The molecule has 0 radical (unpaired) electrons. The molecule has 0 saturated carbocycles. The summed E-state index contributed by atoms with van der Waals surface area (Å²) in [7, 11) is 0. The van der Waals surface area contributed by atoms with Crippen LogP contribution in [-0.2, 0) is 19.7 Å². The number of hydrogen-bond acceptors (Lipinski definition) is 6. The van der Waals surface area contributed by atoms with E-state index in [-0.39, 0.29) is 18.4 Å². The number of aliphatic hydroxyl groups excluding tert-OH is 2. The van der Waals surface area contributed by atoms with Gasteiger partial charge >= 0.3 is 0 Å². The minimum absolute atomic E-state index is 0.288. The van der Waals surface area contributed by atoms with Crippen LogP contribution < -0.4 is 5.32 Å². The van der Waals surface area contributed by atoms with Crippen LogP contribution >= 0.6 is 0 Å². The van der Waals surface area contributed by atoms with Gasteiger partial charge < -0.3 is 29.6 Å². The molecule has 2 amide bonds. The van der Waals surface area contributed by atoms with Crippen molar-refractivity contribution < 1.29 is 19.8 Å². The van der Waals surface area contributed by atoms with Crippen LogP contribution in [0.15, 0.2) is 61.7 Å². The number of benzene rings is 2. The van der Waals surface area contributed by atoms with E-state index in [2.05, 4.69) is 15.3 Å². The third-order valence-corrected chi connectivity index (χ3v) is 6.57. The molecule has 4 aromatic rings. The number of carbonyl (C=O) groups excluding carboxylic acids is 2. The van der Waals surface area contributed by atoms with Gasteiger partial charge in [0.25, 0.3) is 11.8 Å². The lowest BCUT2D eigenvalue weighted by molar-refractivity contribution is 0.00398. The largest absolute Gasteiger partial charge is 0.392 e. The van der Waals surface area contributed by atoms with Crippen molar-refractivity contribution in [2.24, 2.45) is 0 Å². The fraction of sp³-hybridized carbons (Fsp3) is 0.308. The maximum atomic E-state index is 13.4. The Kier molecular flexibility index (Phi) is 6.79. The molecular weight excluding hydrogens is 460 g/mol. The van der Waals surface area contributed by atoms with E-state index >= 15 is 0 Å². The average molecular weight is 489 g/mol. The van der Waals surface area contributed by atoms with Crippen LogP contribution in [0, 0.1) is 0 Å². The van der Waals surface area contributed by atoms with Crippen LogP contribution in [0.5, 0.6) is 0 Å². The third kappa shape index (κ3) is 4.48. The summed E-state index contributed by atoms with van der Waals surface area (Å²) < 4.78 is 3.86. The first-order valence-electron chi connectivity index (χ1n) is 12.0. The molecule has 3 N–H and O–H groups in total. The van der Waals surface area contributed by atoms with Gasteiger partial charge in [0.2, 0.25) is 0 Å². The molecule has 2 aromatic heterocycles. The average Bonchev–Trinajstić information content (AvgIpc) is 3.61. The van der Waals surface area contributed by atoms with Crippen LogP contribution in [0.1, 0.15) is 50.9 Å². The second kappa shape index (κ2) is 10.3. The summed E-state index contributed by atoms with van der Waals surface area (Å²) in [5.41, 5.74) is 1.87. The number of nitrogens with one attached hydrogen (secondary N) is 1. The van der Waals surface area contributed by atoms with Gasteiger partial charge in [0.1, 0.15) is 0 Å². The predicted molar refractivity (Wildman–Crippen MR) is 132 cm³/mol. The highest BCUT2D eigenvalue weighted by atomic mass is 16.3. The SMILES string of the molecule is O=C(NCCCn1ccnc1)c1ccc2c3c(ccc(CO)c13)C(=O)N(CCCn1ccnc1)C2O. The van der Waals surface area contributed by atoms with Gasteiger partial charge in [0.15, 0.2) is 6.23 Å². The first-order chi connectivity index (χ1) is 17.6. The highest BCUT2D eigenvalue weighted by Crippen LogP contribution is 2.39. The summed E-state index contributed by atoms with van der Waals surface area (Å²) in [5, 5.41) is 25.1. The molecule has 10 nitrogen and oxygen atoms in total. The summed E-state index contributed by atoms with van der Waals surface area (Å²) in [5.74, 6) is -0.586. The summed E-state index contributed by atoms with van der Waals surface area (Å²) in [6.45, 7) is 1.92. The first kappa shape index (κ1) is 23.7. The Bertz CT molecular complexity index is 1360. The van der Waals surface area contributed by atoms with Gasteiger partial charge in [0.05, 0.1) is 19.3 Å². The van der Waals surface area contributed by atoms with E-state index in [0.29, 0.717) is 59.1 Å². The Hall–Kier alpha value is -4.02. The maximum absolute atomic E-state index is 13.4. The van der Waals surface area contributed by atoms with Gasteiger partial charge in [-0.05, 0) is 30.5 Å². The smallest absolute Gasteiger partial charge is 0.256 e. The topological polar surface area (TPSA) is 126 Å². The van der Waals surface area contributed by atoms with Crippen molar-refractivity contribution in [1.29, 1.82) is 0 Å². The van der Waals surface area contributed by atoms with Crippen LogP contribution in [0.4, 0.5) is 0 Å². The quantitative estimate of drug-likeness (QED) is 0.294. The summed E-state index contributed by atoms with van der Waals surface area (Å²) in [6.07, 6.45) is 10.8. The fourth-order valence-electron chi connectivity index (χ4n) is 4.79. The highest BCUT2D eigenvalue weighted by Gasteiger charge is 2.34. The zero-order valence-electron chi connectivity index (χ0n) is 19.7. The van der Waals surface area contributed by atoms with Crippen LogP contribution in [0.2, 0.25) is 0 Å². The number of hydrogen-bond donors (Lipinski definition) is 3. The molecule has 1 atom stereocenters. The van der Waals surface area contributed by atoms with Crippen LogP contribution in [0.3, 0.4) is 0 Å². The number of rotatable bonds is 10. The van der Waals surface area contributed by atoms with E-state index in [9.17, 15) is 19.8 Å². The molecule has 0 aliphatic carbocycles. The first-order valence-corrected chi connectivity index (χ1v) is 12.0. The molecule has 5 rings (SSSR count). The fourth-order valence-corrected chi connectivity index (χ4v) is 4.79. The molecule has 1 aliphatic heterocycles. The summed E-state index contributed by atoms with van der Waals surface area (Å²) >= 11 is 0. The summed E-state index contributed by atoms with van der Waals surface area (Å²) in [6, 6.07) is 6.71. The number of imidazole rings is 2. The van der Waals surface area contributed by atoms with Crippen molar-refractivity contribution in [2.75, 3.05) is 13.1 Å². The molecule has 1 aliphatic rings. The molecule has 36 heavy (non-hydrogen) atoms. The number of aryl methyl sites for hydroxylation is 2. The molecule has 2 aromatic carbocycles. The van der Waals surface area contributed by atoms with Gasteiger partial charge in [-0.15, -0.1) is 0 Å². The maximum Gasteiger partial charge on any atom is 0.256 e. The van der Waals surface area contributed by atoms with Gasteiger partial charge in [-0.1, -0.05) is 12.1 Å². The van der Waals surface area contributed by atoms with Crippen molar-refractivity contribution in [3.05, 3.63) is 84.0 Å². The molecule has 0 spiro atoms. The van der Waals surface area contributed by atoms with Crippen LogP contribution in [-0.4, -0.2) is 59.1 Å². The lowest BCUT2D eigenvalue weighted by Crippen LogP contribution is -2.39. The number of carbonyl (C=O) groups is 2. The van der Waals surface area contributed by atoms with Crippen molar-refractivity contribution in [1.82, 2.24) is 29.3 Å². The molecular formula is C26H28N6O4. The number of amides is 2. The number of nitrogens with zero attached hydrogens (tertiary/aromatic N) is 5. The number of aliphatic hydroxyl groups is 2. The zero-order valence-corrected chi connectivity index (χ0v) is 19.7. The van der Waals surface area contributed by atoms with Gasteiger partial charge in [-0.25, -0.2) is 9.97 Å². The molecule has 1 unspecified atom stereocenters. The highest BCUT2D eigenvalue weighted by molar-refractivity contribution is 6.17. The second-order valence-electron chi connectivity index (χ2n) is 8.82. The van der Waals surface area contributed by atoms with E-state index in [1.807, 2.05) is 21.5 Å². The Morgan fingerprint density at radius 2 is 1.67 bits per heavy atom. The lowest BCUT2D eigenvalue weighted by atomic mass is 9.87. The van der Waals surface area contributed by atoms with Gasteiger partial charge in [-0.2, -0.15) is 0 Å². The van der Waals surface area contributed by atoms with Crippen molar-refractivity contribution in [3.63, 3.8) is 0 Å². The third-order valence-electron chi connectivity index (χ3n) is 6.57. The Morgan fingerprint density at radius 3 is 2.33 bits per heavy atom. The standard InChI is InChI=1S/C26H28N6O4/c33-15-18-3-4-20-23-21(26(36)32(25(20)35)12-2-11-31-14-9-28-17-31)6-5-19(22(18)23)24(34)29-7-1-10-30-13-8-27-16-30/h3-6,8-9,13-14,16-17,26,33,36H,1-2,7,10-12,15H2,(H,29,34). The normalized spacial score (nSPS) is 15.0. The monoisotopic (exact) mass is 488 g/mol. The van der Waals surface area contributed by atoms with E-state index in [1.165, 1.54) is 4.90 Å². The molecule has 0 saturated heterocycles. The van der Waals surface area contributed by atoms with Gasteiger partial charge in [0, 0.05) is 78.4 Å². The molecule has 0 bridgehead atoms. The molecule has 0 fully saturated rings. The Balaban J connectivity index is 1.39. The van der Waals surface area contributed by atoms with Crippen molar-refractivity contribution in [3.8, 4) is 0 Å². The van der Waals surface area contributed by atoms with E-state index < -0.39 is 6.23 Å². The minimum Gasteiger partial charge on any atom is -0.392 e. The predicted octanol–water partition coefficient (Wildman–Crippen LogP) is 2.08. The number of aromatic nitrogens is 4. The van der Waals surface area contributed by atoms with E-state index in [0.717, 1.165) is 13.0 Å².